The fraction of sp³-hybridized carbons (Fsp3) is 0.333. The molecule has 1 aromatic rings. The molecule has 0 aliphatic heterocycles. The van der Waals surface area contributed by atoms with E-state index < -0.39 is 6.67 Å². The van der Waals surface area contributed by atoms with Gasteiger partial charge in [-0.05, 0) is 30.2 Å². The second kappa shape index (κ2) is 4.94. The van der Waals surface area contributed by atoms with Gasteiger partial charge in [-0.15, -0.1) is 0 Å². The molecule has 0 saturated carbocycles. The summed E-state index contributed by atoms with van der Waals surface area (Å²) in [7, 11) is 0. The van der Waals surface area contributed by atoms with Crippen molar-refractivity contribution in [3.05, 3.63) is 33.3 Å². The number of benzene rings is 1. The highest BCUT2D eigenvalue weighted by molar-refractivity contribution is 9.10. The maximum atomic E-state index is 12.0. The fourth-order valence-corrected chi connectivity index (χ4v) is 1.79. The predicted molar refractivity (Wildman–Crippen MR) is 56.7 cm³/mol. The van der Waals surface area contributed by atoms with Crippen molar-refractivity contribution in [2.75, 3.05) is 6.67 Å². The fourth-order valence-electron chi connectivity index (χ4n) is 1.07. The van der Waals surface area contributed by atoms with E-state index in [4.69, 9.17) is 17.3 Å². The second-order valence-corrected chi connectivity index (χ2v) is 4.04. The molecule has 0 amide bonds. The zero-order chi connectivity index (χ0) is 9.84. The van der Waals surface area contributed by atoms with Gasteiger partial charge in [-0.2, -0.15) is 0 Å². The summed E-state index contributed by atoms with van der Waals surface area (Å²) < 4.78 is 12.9. The maximum absolute atomic E-state index is 12.0. The van der Waals surface area contributed by atoms with Crippen LogP contribution in [-0.2, 0) is 0 Å². The second-order valence-electron chi connectivity index (χ2n) is 2.75. The normalized spacial score (nSPS) is 12.9. The Morgan fingerprint density at radius 1 is 1.54 bits per heavy atom. The average molecular weight is 267 g/mol. The molecule has 0 bridgehead atoms. The molecule has 0 radical (unpaired) electrons. The molecule has 0 aromatic heterocycles. The van der Waals surface area contributed by atoms with Crippen LogP contribution in [0.4, 0.5) is 4.39 Å². The molecule has 1 atom stereocenters. The number of hydrogen-bond acceptors (Lipinski definition) is 1. The van der Waals surface area contributed by atoms with Crippen molar-refractivity contribution in [1.82, 2.24) is 0 Å². The molecule has 1 aromatic carbocycles. The van der Waals surface area contributed by atoms with Crippen LogP contribution in [0.15, 0.2) is 22.7 Å². The Bertz CT molecular complexity index is 293. The first-order chi connectivity index (χ1) is 6.15. The first-order valence-electron chi connectivity index (χ1n) is 3.91. The van der Waals surface area contributed by atoms with E-state index in [-0.39, 0.29) is 6.04 Å². The minimum Gasteiger partial charge on any atom is -0.324 e. The van der Waals surface area contributed by atoms with Crippen LogP contribution in [0.5, 0.6) is 0 Å². The molecule has 1 nitrogen and oxygen atoms in total. The molecule has 0 fully saturated rings. The van der Waals surface area contributed by atoms with Crippen LogP contribution >= 0.6 is 27.5 Å². The summed E-state index contributed by atoms with van der Waals surface area (Å²) >= 11 is 9.13. The first-order valence-corrected chi connectivity index (χ1v) is 5.08. The topological polar surface area (TPSA) is 26.0 Å². The summed E-state index contributed by atoms with van der Waals surface area (Å²) in [5.74, 6) is 0. The molecular formula is C9H10BrClFN. The largest absolute Gasteiger partial charge is 0.324 e. The van der Waals surface area contributed by atoms with Gasteiger partial charge in [0.1, 0.15) is 0 Å². The number of nitrogens with two attached hydrogens (primary N) is 1. The van der Waals surface area contributed by atoms with Gasteiger partial charge < -0.3 is 5.73 Å². The number of hydrogen-bond donors (Lipinski definition) is 1. The van der Waals surface area contributed by atoms with E-state index in [1.165, 1.54) is 0 Å². The standard InChI is InChI=1S/C9H10BrClFN/c10-8-2-1-6(11)5-7(8)9(13)3-4-12/h1-2,5,9H,3-4,13H2/t9-/m0/s1. The Morgan fingerprint density at radius 3 is 2.85 bits per heavy atom. The van der Waals surface area contributed by atoms with E-state index >= 15 is 0 Å². The first kappa shape index (κ1) is 11.0. The summed E-state index contributed by atoms with van der Waals surface area (Å²) in [6, 6.07) is 5.04. The van der Waals surface area contributed by atoms with Gasteiger partial charge in [0.25, 0.3) is 0 Å². The van der Waals surface area contributed by atoms with Crippen LogP contribution in [0.3, 0.4) is 0 Å². The molecule has 0 heterocycles. The molecule has 13 heavy (non-hydrogen) atoms. The van der Waals surface area contributed by atoms with Gasteiger partial charge in [-0.1, -0.05) is 27.5 Å². The minimum atomic E-state index is -0.417. The predicted octanol–water partition coefficient (Wildman–Crippen LogP) is 3.46. The Labute approximate surface area is 90.2 Å². The molecule has 0 aliphatic rings. The molecule has 0 aliphatic carbocycles. The van der Waals surface area contributed by atoms with Gasteiger partial charge in [0, 0.05) is 15.5 Å². The van der Waals surface area contributed by atoms with E-state index in [1.807, 2.05) is 6.07 Å². The van der Waals surface area contributed by atoms with Gasteiger partial charge >= 0.3 is 0 Å². The summed E-state index contributed by atoms with van der Waals surface area (Å²) in [5, 5.41) is 0.618. The van der Waals surface area contributed by atoms with Crippen LogP contribution in [0.2, 0.25) is 5.02 Å². The van der Waals surface area contributed by atoms with Crippen molar-refractivity contribution in [2.24, 2.45) is 5.73 Å². The summed E-state index contributed by atoms with van der Waals surface area (Å²) in [6.45, 7) is -0.417. The molecule has 0 spiro atoms. The minimum absolute atomic E-state index is 0.293. The lowest BCUT2D eigenvalue weighted by Gasteiger charge is -2.12. The van der Waals surface area contributed by atoms with Crippen LogP contribution in [0.25, 0.3) is 0 Å². The zero-order valence-electron chi connectivity index (χ0n) is 6.93. The van der Waals surface area contributed by atoms with Crippen molar-refractivity contribution in [2.45, 2.75) is 12.5 Å². The molecule has 2 N–H and O–H groups in total. The van der Waals surface area contributed by atoms with E-state index in [2.05, 4.69) is 15.9 Å². The van der Waals surface area contributed by atoms with Crippen LogP contribution in [0, 0.1) is 0 Å². The Hall–Kier alpha value is -0.120. The van der Waals surface area contributed by atoms with Crippen LogP contribution < -0.4 is 5.73 Å². The molecule has 72 valence electrons. The van der Waals surface area contributed by atoms with Crippen molar-refractivity contribution >= 4 is 27.5 Å². The van der Waals surface area contributed by atoms with Crippen molar-refractivity contribution in [3.8, 4) is 0 Å². The third kappa shape index (κ3) is 2.93. The van der Waals surface area contributed by atoms with E-state index in [0.29, 0.717) is 11.4 Å². The van der Waals surface area contributed by atoms with Crippen molar-refractivity contribution in [1.29, 1.82) is 0 Å². The lowest BCUT2D eigenvalue weighted by atomic mass is 10.1. The van der Waals surface area contributed by atoms with Crippen LogP contribution in [-0.4, -0.2) is 6.67 Å². The van der Waals surface area contributed by atoms with E-state index in [1.54, 1.807) is 12.1 Å². The highest BCUT2D eigenvalue weighted by atomic mass is 79.9. The number of alkyl halides is 1. The van der Waals surface area contributed by atoms with Gasteiger partial charge in [0.15, 0.2) is 0 Å². The van der Waals surface area contributed by atoms with Crippen molar-refractivity contribution < 1.29 is 4.39 Å². The highest BCUT2D eigenvalue weighted by Crippen LogP contribution is 2.27. The van der Waals surface area contributed by atoms with Gasteiger partial charge in [-0.25, -0.2) is 0 Å². The Kier molecular flexibility index (Phi) is 4.16. The van der Waals surface area contributed by atoms with E-state index in [9.17, 15) is 4.39 Å². The quantitative estimate of drug-likeness (QED) is 0.891. The monoisotopic (exact) mass is 265 g/mol. The van der Waals surface area contributed by atoms with Gasteiger partial charge in [0.2, 0.25) is 0 Å². The molecule has 4 heteroatoms. The number of rotatable bonds is 3. The average Bonchev–Trinajstić information content (AvgIpc) is 2.09. The molecule has 0 saturated heterocycles. The molecule has 1 rings (SSSR count). The SMILES string of the molecule is N[C@@H](CCF)c1cc(Cl)ccc1Br. The summed E-state index contributed by atoms with van der Waals surface area (Å²) in [6.07, 6.45) is 0.318. The lowest BCUT2D eigenvalue weighted by molar-refractivity contribution is 0.441. The molecule has 0 unspecified atom stereocenters. The van der Waals surface area contributed by atoms with Crippen LogP contribution in [0.1, 0.15) is 18.0 Å². The van der Waals surface area contributed by atoms with Gasteiger partial charge in [-0.3, -0.25) is 4.39 Å². The Morgan fingerprint density at radius 2 is 2.23 bits per heavy atom. The highest BCUT2D eigenvalue weighted by Gasteiger charge is 2.09. The zero-order valence-corrected chi connectivity index (χ0v) is 9.28. The summed E-state index contributed by atoms with van der Waals surface area (Å²) in [4.78, 5) is 0. The third-order valence-corrected chi connectivity index (χ3v) is 2.73. The third-order valence-electron chi connectivity index (χ3n) is 1.78. The van der Waals surface area contributed by atoms with Gasteiger partial charge in [0.05, 0.1) is 6.67 Å². The molecular weight excluding hydrogens is 256 g/mol. The Balaban J connectivity index is 2.91. The maximum Gasteiger partial charge on any atom is 0.0912 e. The lowest BCUT2D eigenvalue weighted by Crippen LogP contribution is -2.11. The summed E-state index contributed by atoms with van der Waals surface area (Å²) in [5.41, 5.74) is 6.60. The van der Waals surface area contributed by atoms with E-state index in [0.717, 1.165) is 10.0 Å². The number of halogens is 3. The van der Waals surface area contributed by atoms with Crippen molar-refractivity contribution in [3.63, 3.8) is 0 Å². The smallest absolute Gasteiger partial charge is 0.0912 e.